The fourth-order valence-corrected chi connectivity index (χ4v) is 5.66. The smallest absolute Gasteiger partial charge is 0.323 e. The Hall–Kier alpha value is -2.63. The van der Waals surface area contributed by atoms with Gasteiger partial charge in [-0.25, -0.2) is 0 Å². The van der Waals surface area contributed by atoms with Gasteiger partial charge in [0.25, 0.3) is 5.91 Å². The normalized spacial score (nSPS) is 15.4. The number of benzene rings is 2. The van der Waals surface area contributed by atoms with Gasteiger partial charge in [-0.3, -0.25) is 14.5 Å². The molecule has 224 valence electrons. The molecule has 0 radical (unpaired) electrons. The van der Waals surface area contributed by atoms with Crippen molar-refractivity contribution in [3.8, 4) is 0 Å². The maximum absolute atomic E-state index is 13.2. The number of rotatable bonds is 15. The summed E-state index contributed by atoms with van der Waals surface area (Å²) < 4.78 is 10.4. The minimum absolute atomic E-state index is 0.00560. The Morgan fingerprint density at radius 2 is 1.73 bits per heavy atom. The van der Waals surface area contributed by atoms with E-state index in [1.54, 1.807) is 12.1 Å². The zero-order valence-electron chi connectivity index (χ0n) is 24.0. The molecule has 0 spiro atoms. The minimum atomic E-state index is -0.834. The summed E-state index contributed by atoms with van der Waals surface area (Å²) in [6.45, 7) is 8.70. The lowest BCUT2D eigenvalue weighted by Crippen LogP contribution is -2.49. The number of hydrogen-bond acceptors (Lipinski definition) is 9. The number of aldehydes is 1. The number of thioether (sulfide) groups is 1. The first-order valence-electron chi connectivity index (χ1n) is 13.9. The number of carbonyl (C=O) groups is 3. The molecule has 2 atom stereocenters. The number of methoxy groups -OCH3 is 1. The van der Waals surface area contributed by atoms with Gasteiger partial charge in [0.05, 0.1) is 19.8 Å². The van der Waals surface area contributed by atoms with E-state index in [0.717, 1.165) is 43.1 Å². The summed E-state index contributed by atoms with van der Waals surface area (Å²) >= 11 is 7.24. The average Bonchev–Trinajstić information content (AvgIpc) is 2.99. The number of halogens is 1. The highest BCUT2D eigenvalue weighted by molar-refractivity contribution is 8.00. The molecule has 0 aromatic heterocycles. The Morgan fingerprint density at radius 3 is 2.32 bits per heavy atom. The Balaban J connectivity index is 1.59. The summed E-state index contributed by atoms with van der Waals surface area (Å²) in [6, 6.07) is 14.4. The van der Waals surface area contributed by atoms with Crippen LogP contribution in [0.5, 0.6) is 0 Å². The molecule has 41 heavy (non-hydrogen) atoms. The van der Waals surface area contributed by atoms with Gasteiger partial charge in [-0.2, -0.15) is 0 Å². The number of anilines is 1. The Labute approximate surface area is 252 Å². The highest BCUT2D eigenvalue weighted by atomic mass is 35.5. The fourth-order valence-electron chi connectivity index (χ4n) is 4.51. The monoisotopic (exact) mass is 604 g/mol. The molecule has 1 aliphatic heterocycles. The largest absolute Gasteiger partial charge is 0.468 e. The molecule has 2 aromatic carbocycles. The molecule has 0 aliphatic carbocycles. The summed E-state index contributed by atoms with van der Waals surface area (Å²) in [5.74, 6) is -0.309. The molecule has 9 nitrogen and oxygen atoms in total. The van der Waals surface area contributed by atoms with Crippen molar-refractivity contribution in [1.82, 2.24) is 9.80 Å². The van der Waals surface area contributed by atoms with E-state index in [9.17, 15) is 14.4 Å². The van der Waals surface area contributed by atoms with E-state index >= 15 is 0 Å². The van der Waals surface area contributed by atoms with Crippen LogP contribution in [-0.4, -0.2) is 104 Å². The van der Waals surface area contributed by atoms with Crippen molar-refractivity contribution in [2.45, 2.75) is 37.8 Å². The van der Waals surface area contributed by atoms with E-state index < -0.39 is 17.4 Å². The molecule has 1 heterocycles. The maximum Gasteiger partial charge on any atom is 0.323 e. The maximum atomic E-state index is 13.2. The molecule has 2 N–H and O–H groups in total. The molecular formula is C30H41ClN4O5S. The van der Waals surface area contributed by atoms with Crippen molar-refractivity contribution >= 4 is 47.2 Å². The molecule has 1 fully saturated rings. The van der Waals surface area contributed by atoms with E-state index in [4.69, 9.17) is 26.8 Å². The van der Waals surface area contributed by atoms with Crippen molar-refractivity contribution in [3.05, 3.63) is 64.7 Å². The number of hydrogen-bond donors (Lipinski definition) is 1. The SMILES string of the molecule is COC(=O)C(N)CSC(C=O)N(CCOC(C)C)c1ccc(C(=O)N2CCN(CCc3ccc(Cl)cc3)CC2)cc1. The predicted molar refractivity (Wildman–Crippen MR) is 165 cm³/mol. The van der Waals surface area contributed by atoms with Crippen molar-refractivity contribution in [2.75, 3.05) is 63.6 Å². The molecule has 2 aromatic rings. The second-order valence-electron chi connectivity index (χ2n) is 10.2. The molecule has 11 heteroatoms. The van der Waals surface area contributed by atoms with Gasteiger partial charge in [-0.1, -0.05) is 23.7 Å². The van der Waals surface area contributed by atoms with E-state index in [1.165, 1.54) is 24.4 Å². The lowest BCUT2D eigenvalue weighted by molar-refractivity contribution is -0.141. The standard InChI is InChI=1S/C30H41ClN4O5S/c1-22(2)40-19-18-35(28(20-36)41-21-27(32)30(38)39-3)26-10-6-24(7-11-26)29(37)34-16-14-33(15-17-34)13-12-23-4-8-25(31)9-5-23/h4-11,20,22,27-28H,12-19,21,32H2,1-3H3. The van der Waals surface area contributed by atoms with Crippen LogP contribution in [0.2, 0.25) is 5.02 Å². The number of carbonyl (C=O) groups excluding carboxylic acids is 3. The topological polar surface area (TPSA) is 105 Å². The van der Waals surface area contributed by atoms with Gasteiger partial charge in [-0.05, 0) is 62.2 Å². The molecule has 2 unspecified atom stereocenters. The van der Waals surface area contributed by atoms with E-state index in [0.29, 0.717) is 31.8 Å². The zero-order chi connectivity index (χ0) is 29.8. The minimum Gasteiger partial charge on any atom is -0.468 e. The first kappa shape index (κ1) is 32.9. The van der Waals surface area contributed by atoms with Crippen molar-refractivity contribution in [2.24, 2.45) is 5.73 Å². The van der Waals surface area contributed by atoms with Gasteiger partial charge in [0.1, 0.15) is 11.4 Å². The quantitative estimate of drug-likeness (QED) is 0.186. The van der Waals surface area contributed by atoms with E-state index in [1.807, 2.05) is 47.9 Å². The molecule has 3 rings (SSSR count). The summed E-state index contributed by atoms with van der Waals surface area (Å²) in [7, 11) is 1.28. The molecule has 1 aliphatic rings. The highest BCUT2D eigenvalue weighted by Crippen LogP contribution is 2.24. The van der Waals surface area contributed by atoms with Crippen LogP contribution in [0.4, 0.5) is 5.69 Å². The summed E-state index contributed by atoms with van der Waals surface area (Å²) in [6.07, 6.45) is 1.82. The summed E-state index contributed by atoms with van der Waals surface area (Å²) in [5, 5.41) is 0.147. The van der Waals surface area contributed by atoms with Gasteiger partial charge >= 0.3 is 5.97 Å². The van der Waals surface area contributed by atoms with Gasteiger partial charge in [0, 0.05) is 61.3 Å². The van der Waals surface area contributed by atoms with Gasteiger partial charge in [0.15, 0.2) is 6.29 Å². The first-order chi connectivity index (χ1) is 19.7. The molecule has 1 amide bonds. The first-order valence-corrected chi connectivity index (χ1v) is 15.3. The van der Waals surface area contributed by atoms with Crippen molar-refractivity contribution < 1.29 is 23.9 Å². The van der Waals surface area contributed by atoms with Gasteiger partial charge in [-0.15, -0.1) is 11.8 Å². The highest BCUT2D eigenvalue weighted by Gasteiger charge is 2.25. The number of nitrogens with zero attached hydrogens (tertiary/aromatic N) is 3. The third-order valence-corrected chi connectivity index (χ3v) is 8.40. The molecular weight excluding hydrogens is 564 g/mol. The second-order valence-corrected chi connectivity index (χ2v) is 11.7. The van der Waals surface area contributed by atoms with E-state index in [-0.39, 0.29) is 17.8 Å². The van der Waals surface area contributed by atoms with Crippen LogP contribution in [0.15, 0.2) is 48.5 Å². The third-order valence-electron chi connectivity index (χ3n) is 6.89. The number of piperazine rings is 1. The van der Waals surface area contributed by atoms with Crippen LogP contribution < -0.4 is 10.6 Å². The Bertz CT molecular complexity index is 1110. The number of nitrogens with two attached hydrogens (primary N) is 1. The van der Waals surface area contributed by atoms with Crippen LogP contribution in [0.1, 0.15) is 29.8 Å². The number of ether oxygens (including phenoxy) is 2. The fraction of sp³-hybridized carbons (Fsp3) is 0.500. The van der Waals surface area contributed by atoms with Crippen LogP contribution in [-0.2, 0) is 25.5 Å². The predicted octanol–water partition coefficient (Wildman–Crippen LogP) is 3.33. The number of amides is 1. The number of esters is 1. The van der Waals surface area contributed by atoms with Crippen LogP contribution >= 0.6 is 23.4 Å². The third kappa shape index (κ3) is 10.3. The Kier molecular flexibility index (Phi) is 13.4. The van der Waals surface area contributed by atoms with Crippen molar-refractivity contribution in [3.63, 3.8) is 0 Å². The zero-order valence-corrected chi connectivity index (χ0v) is 25.6. The lowest BCUT2D eigenvalue weighted by atomic mass is 10.1. The molecule has 0 saturated carbocycles. The van der Waals surface area contributed by atoms with Crippen LogP contribution in [0, 0.1) is 0 Å². The van der Waals surface area contributed by atoms with Gasteiger partial charge < -0.3 is 29.8 Å². The second kappa shape index (κ2) is 16.7. The molecule has 0 bridgehead atoms. The van der Waals surface area contributed by atoms with Crippen molar-refractivity contribution in [1.29, 1.82) is 0 Å². The van der Waals surface area contributed by atoms with Crippen LogP contribution in [0.3, 0.4) is 0 Å². The summed E-state index contributed by atoms with van der Waals surface area (Å²) in [5.41, 5.74) is 8.51. The Morgan fingerprint density at radius 1 is 1.07 bits per heavy atom. The molecule has 1 saturated heterocycles. The lowest BCUT2D eigenvalue weighted by Gasteiger charge is -2.35. The van der Waals surface area contributed by atoms with E-state index in [2.05, 4.69) is 17.0 Å². The van der Waals surface area contributed by atoms with Crippen LogP contribution in [0.25, 0.3) is 0 Å². The van der Waals surface area contributed by atoms with Gasteiger partial charge in [0.2, 0.25) is 0 Å². The average molecular weight is 605 g/mol. The summed E-state index contributed by atoms with van der Waals surface area (Å²) in [4.78, 5) is 43.2.